The molecule has 1 saturated heterocycles. The Morgan fingerprint density at radius 2 is 1.70 bits per heavy atom. The third kappa shape index (κ3) is 4.03. The average molecular weight is 405 g/mol. The molecule has 3 unspecified atom stereocenters. The number of nitrogens with zero attached hydrogens (tertiary/aromatic N) is 2. The fraction of sp³-hybridized carbons (Fsp3) is 0.500. The summed E-state index contributed by atoms with van der Waals surface area (Å²) in [4.78, 5) is 17.8. The first kappa shape index (κ1) is 19.8. The Labute approximate surface area is 179 Å². The molecule has 2 aromatic carbocycles. The lowest BCUT2D eigenvalue weighted by atomic mass is 9.94. The van der Waals surface area contributed by atoms with E-state index in [9.17, 15) is 4.79 Å². The maximum atomic E-state index is 13.0. The second-order valence-corrected chi connectivity index (χ2v) is 9.26. The van der Waals surface area contributed by atoms with Gasteiger partial charge in [-0.3, -0.25) is 14.6 Å². The molecule has 2 aromatic rings. The van der Waals surface area contributed by atoms with Gasteiger partial charge in [-0.15, -0.1) is 0 Å². The first-order valence-electron chi connectivity index (χ1n) is 11.5. The van der Waals surface area contributed by atoms with Gasteiger partial charge in [0, 0.05) is 32.1 Å². The fourth-order valence-electron chi connectivity index (χ4n) is 5.56. The highest BCUT2D eigenvalue weighted by Crippen LogP contribution is 2.52. The van der Waals surface area contributed by atoms with Crippen molar-refractivity contribution in [3.8, 4) is 0 Å². The van der Waals surface area contributed by atoms with Crippen LogP contribution in [0.2, 0.25) is 0 Å². The number of benzene rings is 2. The van der Waals surface area contributed by atoms with Crippen LogP contribution in [-0.4, -0.2) is 48.1 Å². The van der Waals surface area contributed by atoms with Crippen molar-refractivity contribution in [2.24, 2.45) is 17.8 Å². The van der Waals surface area contributed by atoms with Crippen molar-refractivity contribution in [2.75, 3.05) is 26.2 Å². The van der Waals surface area contributed by atoms with E-state index in [0.29, 0.717) is 24.4 Å². The van der Waals surface area contributed by atoms with Gasteiger partial charge in [0.1, 0.15) is 6.04 Å². The molecule has 3 aliphatic rings. The third-order valence-electron chi connectivity index (χ3n) is 7.24. The van der Waals surface area contributed by atoms with Crippen LogP contribution in [0.15, 0.2) is 54.6 Å². The molecule has 30 heavy (non-hydrogen) atoms. The molecule has 0 amide bonds. The molecule has 3 atom stereocenters. The van der Waals surface area contributed by atoms with Crippen LogP contribution < -0.4 is 0 Å². The monoisotopic (exact) mass is 404 g/mol. The van der Waals surface area contributed by atoms with E-state index in [4.69, 9.17) is 4.74 Å². The molecule has 4 heteroatoms. The van der Waals surface area contributed by atoms with Crippen LogP contribution in [0, 0.1) is 17.8 Å². The van der Waals surface area contributed by atoms with E-state index >= 15 is 0 Å². The highest BCUT2D eigenvalue weighted by atomic mass is 16.5. The first-order valence-corrected chi connectivity index (χ1v) is 11.5. The number of hydrogen-bond acceptors (Lipinski definition) is 4. The number of rotatable bonds is 7. The first-order chi connectivity index (χ1) is 14.7. The molecule has 0 spiro atoms. The fourth-order valence-corrected chi connectivity index (χ4v) is 5.56. The van der Waals surface area contributed by atoms with Crippen LogP contribution in [0.5, 0.6) is 0 Å². The molecule has 4 nitrogen and oxygen atoms in total. The Morgan fingerprint density at radius 3 is 2.43 bits per heavy atom. The van der Waals surface area contributed by atoms with Crippen LogP contribution in [0.1, 0.15) is 30.0 Å². The molecular formula is C26H32N2O2. The van der Waals surface area contributed by atoms with Gasteiger partial charge in [0.15, 0.2) is 0 Å². The Bertz CT molecular complexity index is 872. The molecule has 1 saturated carbocycles. The molecule has 158 valence electrons. The van der Waals surface area contributed by atoms with Crippen LogP contribution in [-0.2, 0) is 29.0 Å². The number of esters is 1. The topological polar surface area (TPSA) is 32.8 Å². The summed E-state index contributed by atoms with van der Waals surface area (Å²) in [5.74, 6) is 1.96. The molecule has 0 N–H and O–H groups in total. The van der Waals surface area contributed by atoms with E-state index in [1.54, 1.807) is 0 Å². The van der Waals surface area contributed by atoms with Crippen molar-refractivity contribution < 1.29 is 9.53 Å². The lowest BCUT2D eigenvalue weighted by molar-refractivity contribution is -0.151. The summed E-state index contributed by atoms with van der Waals surface area (Å²) in [6, 6.07) is 19.1. The summed E-state index contributed by atoms with van der Waals surface area (Å²) in [6.07, 6.45) is 1.83. The normalized spacial score (nSPS) is 28.0. The molecule has 2 fully saturated rings. The zero-order valence-electron chi connectivity index (χ0n) is 17.9. The van der Waals surface area contributed by atoms with Crippen molar-refractivity contribution in [3.05, 3.63) is 71.3 Å². The summed E-state index contributed by atoms with van der Waals surface area (Å²) in [5, 5.41) is 0. The Balaban J connectivity index is 1.12. The van der Waals surface area contributed by atoms with E-state index < -0.39 is 0 Å². The van der Waals surface area contributed by atoms with Crippen LogP contribution in [0.4, 0.5) is 0 Å². The molecule has 0 aromatic heterocycles. The van der Waals surface area contributed by atoms with Gasteiger partial charge in [0.25, 0.3) is 0 Å². The van der Waals surface area contributed by atoms with Crippen molar-refractivity contribution in [2.45, 2.75) is 38.9 Å². The molecular weight excluding hydrogens is 372 g/mol. The molecule has 0 bridgehead atoms. The SMILES string of the molecule is CCCN1Cc2ccccc2CC1C(=O)OCC1C2CN(Cc3ccccc3)CC12. The number of likely N-dealkylation sites (tertiary alicyclic amines) is 1. The van der Waals surface area contributed by atoms with Gasteiger partial charge in [-0.1, -0.05) is 61.5 Å². The maximum Gasteiger partial charge on any atom is 0.323 e. The minimum Gasteiger partial charge on any atom is -0.464 e. The molecule has 2 heterocycles. The van der Waals surface area contributed by atoms with Crippen LogP contribution >= 0.6 is 0 Å². The number of piperidine rings is 1. The van der Waals surface area contributed by atoms with Crippen molar-refractivity contribution in [3.63, 3.8) is 0 Å². The van der Waals surface area contributed by atoms with Crippen LogP contribution in [0.3, 0.4) is 0 Å². The second-order valence-electron chi connectivity index (χ2n) is 9.26. The van der Waals surface area contributed by atoms with Crippen molar-refractivity contribution in [1.29, 1.82) is 0 Å². The minimum atomic E-state index is -0.131. The highest BCUT2D eigenvalue weighted by Gasteiger charge is 2.55. The summed E-state index contributed by atoms with van der Waals surface area (Å²) in [6.45, 7) is 7.89. The van der Waals surface area contributed by atoms with E-state index in [-0.39, 0.29) is 12.0 Å². The highest BCUT2D eigenvalue weighted by molar-refractivity contribution is 5.76. The predicted octanol–water partition coefficient (Wildman–Crippen LogP) is 3.74. The number of fused-ring (bicyclic) bond motifs is 2. The van der Waals surface area contributed by atoms with Gasteiger partial charge in [0.2, 0.25) is 0 Å². The van der Waals surface area contributed by atoms with Gasteiger partial charge in [0.05, 0.1) is 6.61 Å². The largest absolute Gasteiger partial charge is 0.464 e. The van der Waals surface area contributed by atoms with Gasteiger partial charge in [-0.2, -0.15) is 0 Å². The summed E-state index contributed by atoms with van der Waals surface area (Å²) >= 11 is 0. The van der Waals surface area contributed by atoms with E-state index in [2.05, 4.69) is 71.3 Å². The van der Waals surface area contributed by atoms with Crippen LogP contribution in [0.25, 0.3) is 0 Å². The van der Waals surface area contributed by atoms with Gasteiger partial charge >= 0.3 is 5.97 Å². The quantitative estimate of drug-likeness (QED) is 0.658. The molecule has 2 aliphatic heterocycles. The van der Waals surface area contributed by atoms with E-state index in [1.165, 1.54) is 16.7 Å². The van der Waals surface area contributed by atoms with Crippen molar-refractivity contribution in [1.82, 2.24) is 9.80 Å². The second kappa shape index (κ2) is 8.52. The Kier molecular flexibility index (Phi) is 5.62. The lowest BCUT2D eigenvalue weighted by Gasteiger charge is -2.35. The number of hydrogen-bond donors (Lipinski definition) is 0. The molecule has 1 aliphatic carbocycles. The van der Waals surface area contributed by atoms with Crippen molar-refractivity contribution >= 4 is 5.97 Å². The maximum absolute atomic E-state index is 13.0. The molecule has 0 radical (unpaired) electrons. The zero-order valence-corrected chi connectivity index (χ0v) is 17.9. The zero-order chi connectivity index (χ0) is 20.5. The smallest absolute Gasteiger partial charge is 0.323 e. The van der Waals surface area contributed by atoms with Gasteiger partial charge in [-0.05, 0) is 47.9 Å². The van der Waals surface area contributed by atoms with E-state index in [0.717, 1.165) is 45.6 Å². The number of carbonyl (C=O) groups is 1. The Hall–Kier alpha value is -2.17. The van der Waals surface area contributed by atoms with Gasteiger partial charge in [-0.25, -0.2) is 0 Å². The predicted molar refractivity (Wildman–Crippen MR) is 118 cm³/mol. The van der Waals surface area contributed by atoms with E-state index in [1.807, 2.05) is 0 Å². The minimum absolute atomic E-state index is 0.0240. The van der Waals surface area contributed by atoms with Gasteiger partial charge < -0.3 is 4.74 Å². The number of carbonyl (C=O) groups excluding carboxylic acids is 1. The Morgan fingerprint density at radius 1 is 1.00 bits per heavy atom. The average Bonchev–Trinajstić information content (AvgIpc) is 3.23. The summed E-state index contributed by atoms with van der Waals surface area (Å²) < 4.78 is 5.89. The lowest BCUT2D eigenvalue weighted by Crippen LogP contribution is -2.46. The molecule has 5 rings (SSSR count). The number of ether oxygens (including phenoxy) is 1. The summed E-state index contributed by atoms with van der Waals surface area (Å²) in [5.41, 5.74) is 4.03. The standard InChI is InChI=1S/C26H32N2O2/c1-2-12-28-15-21-11-7-6-10-20(21)13-25(28)26(29)30-18-24-22-16-27(17-23(22)24)14-19-8-4-3-5-9-19/h3-11,22-25H,2,12-18H2,1H3. The third-order valence-corrected chi connectivity index (χ3v) is 7.24. The summed E-state index contributed by atoms with van der Waals surface area (Å²) in [7, 11) is 0.